The summed E-state index contributed by atoms with van der Waals surface area (Å²) in [6.45, 7) is -0.473. The molecule has 10 heteroatoms. The van der Waals surface area contributed by atoms with Crippen molar-refractivity contribution in [3.8, 4) is 17.1 Å². The Hall–Kier alpha value is -3.95. The summed E-state index contributed by atoms with van der Waals surface area (Å²) in [5.41, 5.74) is 1.05. The van der Waals surface area contributed by atoms with Crippen molar-refractivity contribution in [1.82, 2.24) is 15.1 Å². The predicted octanol–water partition coefficient (Wildman–Crippen LogP) is 3.72. The van der Waals surface area contributed by atoms with Gasteiger partial charge in [0.15, 0.2) is 18.2 Å². The summed E-state index contributed by atoms with van der Waals surface area (Å²) in [6, 6.07) is 8.48. The summed E-state index contributed by atoms with van der Waals surface area (Å²) in [5, 5.41) is 6.60. The lowest BCUT2D eigenvalue weighted by Crippen LogP contribution is -2.20. The lowest BCUT2D eigenvalue weighted by molar-refractivity contribution is -0.118. The van der Waals surface area contributed by atoms with Gasteiger partial charge >= 0.3 is 0 Å². The van der Waals surface area contributed by atoms with Gasteiger partial charge in [0.2, 0.25) is 5.88 Å². The molecule has 0 unspecified atom stereocenters. The summed E-state index contributed by atoms with van der Waals surface area (Å²) in [7, 11) is 0. The molecule has 0 fully saturated rings. The number of nitrogens with one attached hydrogen (secondary N) is 1. The highest BCUT2D eigenvalue weighted by atomic mass is 19.2. The molecular formula is C19H11F3N4O3. The van der Waals surface area contributed by atoms with Crippen molar-refractivity contribution in [2.24, 2.45) is 0 Å². The molecule has 0 saturated carbocycles. The Balaban J connectivity index is 1.54. The normalized spacial score (nSPS) is 10.9. The maximum absolute atomic E-state index is 13.2. The molecule has 2 heterocycles. The van der Waals surface area contributed by atoms with Gasteiger partial charge in [0.1, 0.15) is 23.2 Å². The molecule has 0 atom stereocenters. The minimum absolute atomic E-state index is 0.0241. The number of anilines is 1. The van der Waals surface area contributed by atoms with Gasteiger partial charge in [-0.1, -0.05) is 5.16 Å². The average molecular weight is 400 g/mol. The van der Waals surface area contributed by atoms with Crippen LogP contribution in [0.15, 0.2) is 53.3 Å². The maximum Gasteiger partial charge on any atom is 0.265 e. The summed E-state index contributed by atoms with van der Waals surface area (Å²) < 4.78 is 50.0. The van der Waals surface area contributed by atoms with Crippen LogP contribution in [0.4, 0.5) is 18.9 Å². The molecule has 0 aliphatic carbocycles. The van der Waals surface area contributed by atoms with Crippen molar-refractivity contribution < 1.29 is 27.2 Å². The molecule has 0 aliphatic heterocycles. The monoisotopic (exact) mass is 400 g/mol. The second-order valence-electron chi connectivity index (χ2n) is 5.86. The fourth-order valence-electron chi connectivity index (χ4n) is 2.58. The number of fused-ring (bicyclic) bond motifs is 1. The maximum atomic E-state index is 13.2. The third kappa shape index (κ3) is 3.86. The van der Waals surface area contributed by atoms with E-state index < -0.39 is 30.0 Å². The standard InChI is InChI=1S/C19H11F3N4O3/c20-11-3-1-10(2-4-11)17-16-18(23-9-24-19(16)29-26-17)28-8-15(27)25-12-5-6-13(21)14(22)7-12/h1-7,9H,8H2,(H,25,27). The van der Waals surface area contributed by atoms with Gasteiger partial charge in [-0.3, -0.25) is 4.79 Å². The number of carbonyl (C=O) groups is 1. The van der Waals surface area contributed by atoms with E-state index in [0.717, 1.165) is 12.1 Å². The van der Waals surface area contributed by atoms with Gasteiger partial charge in [0.25, 0.3) is 11.6 Å². The van der Waals surface area contributed by atoms with Crippen LogP contribution < -0.4 is 10.1 Å². The first-order valence-electron chi connectivity index (χ1n) is 8.25. The SMILES string of the molecule is O=C(COc1ncnc2onc(-c3ccc(F)cc3)c12)Nc1ccc(F)c(F)c1. The van der Waals surface area contributed by atoms with E-state index in [0.29, 0.717) is 16.6 Å². The number of halogens is 3. The predicted molar refractivity (Wildman–Crippen MR) is 95.5 cm³/mol. The number of carbonyl (C=O) groups excluding carboxylic acids is 1. The zero-order valence-corrected chi connectivity index (χ0v) is 14.5. The molecule has 0 radical (unpaired) electrons. The van der Waals surface area contributed by atoms with Crippen LogP contribution in [0.25, 0.3) is 22.4 Å². The van der Waals surface area contributed by atoms with E-state index in [-0.39, 0.29) is 17.3 Å². The molecule has 1 amide bonds. The van der Waals surface area contributed by atoms with Crippen molar-refractivity contribution >= 4 is 22.7 Å². The first-order chi connectivity index (χ1) is 14.0. The van der Waals surface area contributed by atoms with Crippen LogP contribution in [0, 0.1) is 17.5 Å². The Morgan fingerprint density at radius 2 is 1.83 bits per heavy atom. The summed E-state index contributed by atoms with van der Waals surface area (Å²) >= 11 is 0. The summed E-state index contributed by atoms with van der Waals surface area (Å²) in [6.07, 6.45) is 1.17. The zero-order chi connectivity index (χ0) is 20.4. The lowest BCUT2D eigenvalue weighted by atomic mass is 10.1. The van der Waals surface area contributed by atoms with Crippen LogP contribution >= 0.6 is 0 Å². The Bertz CT molecular complexity index is 1200. The lowest BCUT2D eigenvalue weighted by Gasteiger charge is -2.08. The molecule has 2 aromatic heterocycles. The van der Waals surface area contributed by atoms with Crippen molar-refractivity contribution in [2.45, 2.75) is 0 Å². The fourth-order valence-corrected chi connectivity index (χ4v) is 2.58. The number of hydrogen-bond donors (Lipinski definition) is 1. The molecule has 0 saturated heterocycles. The van der Waals surface area contributed by atoms with Gasteiger partial charge < -0.3 is 14.6 Å². The van der Waals surface area contributed by atoms with E-state index in [1.54, 1.807) is 0 Å². The second-order valence-corrected chi connectivity index (χ2v) is 5.86. The summed E-state index contributed by atoms with van der Waals surface area (Å²) in [4.78, 5) is 20.0. The fraction of sp³-hybridized carbons (Fsp3) is 0.0526. The smallest absolute Gasteiger partial charge is 0.265 e. The van der Waals surface area contributed by atoms with Crippen LogP contribution in [0.3, 0.4) is 0 Å². The van der Waals surface area contributed by atoms with Crippen molar-refractivity contribution in [3.63, 3.8) is 0 Å². The molecule has 0 bridgehead atoms. The highest BCUT2D eigenvalue weighted by Gasteiger charge is 2.19. The van der Waals surface area contributed by atoms with Gasteiger partial charge in [0.05, 0.1) is 0 Å². The number of nitrogens with zero attached hydrogens (tertiary/aromatic N) is 3. The number of amides is 1. The number of rotatable bonds is 5. The van der Waals surface area contributed by atoms with E-state index in [1.807, 2.05) is 0 Å². The van der Waals surface area contributed by atoms with Gasteiger partial charge in [-0.05, 0) is 36.4 Å². The van der Waals surface area contributed by atoms with Crippen LogP contribution in [0.5, 0.6) is 5.88 Å². The van der Waals surface area contributed by atoms with Gasteiger partial charge in [-0.25, -0.2) is 18.2 Å². The minimum Gasteiger partial charge on any atom is -0.467 e. The molecule has 4 rings (SSSR count). The van der Waals surface area contributed by atoms with E-state index >= 15 is 0 Å². The Labute approximate surface area is 161 Å². The number of hydrogen-bond acceptors (Lipinski definition) is 6. The van der Waals surface area contributed by atoms with Crippen molar-refractivity contribution in [3.05, 3.63) is 66.2 Å². The summed E-state index contributed by atoms with van der Waals surface area (Å²) in [5.74, 6) is -3.13. The molecule has 4 aromatic rings. The largest absolute Gasteiger partial charge is 0.467 e. The highest BCUT2D eigenvalue weighted by molar-refractivity contribution is 5.94. The van der Waals surface area contributed by atoms with Crippen LogP contribution in [-0.4, -0.2) is 27.6 Å². The molecule has 7 nitrogen and oxygen atoms in total. The number of ether oxygens (including phenoxy) is 1. The number of aromatic nitrogens is 3. The van der Waals surface area contributed by atoms with Gasteiger partial charge in [-0.15, -0.1) is 0 Å². The van der Waals surface area contributed by atoms with Crippen LogP contribution in [0.2, 0.25) is 0 Å². The van der Waals surface area contributed by atoms with E-state index in [1.165, 1.54) is 36.7 Å². The Kier molecular flexibility index (Phi) is 4.82. The number of benzene rings is 2. The van der Waals surface area contributed by atoms with Crippen LogP contribution in [-0.2, 0) is 4.79 Å². The second kappa shape index (κ2) is 7.58. The molecular weight excluding hydrogens is 389 g/mol. The average Bonchev–Trinajstić information content (AvgIpc) is 3.15. The topological polar surface area (TPSA) is 90.1 Å². The zero-order valence-electron chi connectivity index (χ0n) is 14.5. The van der Waals surface area contributed by atoms with Crippen molar-refractivity contribution in [2.75, 3.05) is 11.9 Å². The molecule has 0 aliphatic rings. The third-order valence-corrected chi connectivity index (χ3v) is 3.90. The Morgan fingerprint density at radius 3 is 2.59 bits per heavy atom. The highest BCUT2D eigenvalue weighted by Crippen LogP contribution is 2.32. The van der Waals surface area contributed by atoms with E-state index in [4.69, 9.17) is 9.26 Å². The Morgan fingerprint density at radius 1 is 1.03 bits per heavy atom. The minimum atomic E-state index is -1.09. The van der Waals surface area contributed by atoms with Crippen molar-refractivity contribution in [1.29, 1.82) is 0 Å². The van der Waals surface area contributed by atoms with Gasteiger partial charge in [0, 0.05) is 17.3 Å². The first kappa shape index (κ1) is 18.4. The molecule has 146 valence electrons. The molecule has 29 heavy (non-hydrogen) atoms. The van der Waals surface area contributed by atoms with Crippen LogP contribution in [0.1, 0.15) is 0 Å². The van der Waals surface area contributed by atoms with E-state index in [2.05, 4.69) is 20.4 Å². The third-order valence-electron chi connectivity index (χ3n) is 3.90. The molecule has 2 aromatic carbocycles. The first-order valence-corrected chi connectivity index (χ1v) is 8.25. The molecule has 0 spiro atoms. The van der Waals surface area contributed by atoms with E-state index in [9.17, 15) is 18.0 Å². The quantitative estimate of drug-likeness (QED) is 0.549. The molecule has 1 N–H and O–H groups in total. The van der Waals surface area contributed by atoms with Gasteiger partial charge in [-0.2, -0.15) is 4.98 Å².